The predicted octanol–water partition coefficient (Wildman–Crippen LogP) is 0.202. The van der Waals surface area contributed by atoms with Gasteiger partial charge in [0.15, 0.2) is 0 Å². The van der Waals surface area contributed by atoms with E-state index in [1.54, 1.807) is 0 Å². The highest BCUT2D eigenvalue weighted by Gasteiger charge is 2.25. The Morgan fingerprint density at radius 2 is 2.43 bits per heavy atom. The van der Waals surface area contributed by atoms with Gasteiger partial charge in [-0.1, -0.05) is 24.0 Å². The first-order valence-electron chi connectivity index (χ1n) is 3.95. The largest absolute Gasteiger partial charge is 0.353 e. The first kappa shape index (κ1) is 11.7. The van der Waals surface area contributed by atoms with Crippen LogP contribution in [0.2, 0.25) is 0 Å². The number of nitrogens with one attached hydrogen (secondary N) is 1. The average molecular weight is 253 g/mol. The molecule has 7 heteroatoms. The van der Waals surface area contributed by atoms with Crippen molar-refractivity contribution in [2.75, 3.05) is 24.7 Å². The van der Waals surface area contributed by atoms with Crippen molar-refractivity contribution in [2.24, 2.45) is 0 Å². The summed E-state index contributed by atoms with van der Waals surface area (Å²) in [6.07, 6.45) is 0. The van der Waals surface area contributed by atoms with Crippen molar-refractivity contribution in [3.8, 4) is 0 Å². The molecule has 0 aromatic heterocycles. The highest BCUT2D eigenvalue weighted by molar-refractivity contribution is 8.23. The van der Waals surface area contributed by atoms with Gasteiger partial charge in [0.2, 0.25) is 11.8 Å². The van der Waals surface area contributed by atoms with Gasteiger partial charge in [0.05, 0.1) is 5.75 Å². The van der Waals surface area contributed by atoms with E-state index >= 15 is 0 Å². The smallest absolute Gasteiger partial charge is 0.238 e. The summed E-state index contributed by atoms with van der Waals surface area (Å²) >= 11 is 11.6. The minimum Gasteiger partial charge on any atom is -0.353 e. The maximum absolute atomic E-state index is 11.2. The molecule has 0 bridgehead atoms. The third kappa shape index (κ3) is 3.11. The standard InChI is InChI=1S/C7H9ClN2O2S2/c8-3-5(11)9-1-2-10-6(12)4-14-7(10)13/h1-4H2,(H,9,11). The van der Waals surface area contributed by atoms with Gasteiger partial charge in [-0.15, -0.1) is 11.6 Å². The van der Waals surface area contributed by atoms with Crippen molar-refractivity contribution in [2.45, 2.75) is 0 Å². The van der Waals surface area contributed by atoms with E-state index in [9.17, 15) is 9.59 Å². The number of halogens is 1. The third-order valence-corrected chi connectivity index (χ3v) is 3.29. The van der Waals surface area contributed by atoms with Crippen molar-refractivity contribution in [3.63, 3.8) is 0 Å². The summed E-state index contributed by atoms with van der Waals surface area (Å²) in [6.45, 7) is 0.811. The summed E-state index contributed by atoms with van der Waals surface area (Å²) < 4.78 is 0.579. The first-order valence-corrected chi connectivity index (χ1v) is 5.87. The molecule has 1 saturated heterocycles. The number of carbonyl (C=O) groups excluding carboxylic acids is 2. The second-order valence-corrected chi connectivity index (χ2v) is 4.46. The molecule has 0 unspecified atom stereocenters. The van der Waals surface area contributed by atoms with Crippen LogP contribution < -0.4 is 5.32 Å². The third-order valence-electron chi connectivity index (χ3n) is 1.62. The number of rotatable bonds is 4. The van der Waals surface area contributed by atoms with E-state index in [1.165, 1.54) is 16.7 Å². The van der Waals surface area contributed by atoms with E-state index in [0.717, 1.165) is 0 Å². The van der Waals surface area contributed by atoms with Crippen molar-refractivity contribution in [3.05, 3.63) is 0 Å². The zero-order valence-corrected chi connectivity index (χ0v) is 9.68. The molecule has 0 spiro atoms. The molecule has 1 N–H and O–H groups in total. The van der Waals surface area contributed by atoms with Gasteiger partial charge in [-0.05, 0) is 0 Å². The Labute approximate surface area is 96.3 Å². The predicted molar refractivity (Wildman–Crippen MR) is 60.5 cm³/mol. The molecular formula is C7H9ClN2O2S2. The van der Waals surface area contributed by atoms with Crippen molar-refractivity contribution < 1.29 is 9.59 Å². The lowest BCUT2D eigenvalue weighted by Gasteiger charge is -2.14. The van der Waals surface area contributed by atoms with Crippen LogP contribution in [0.5, 0.6) is 0 Å². The Balaban J connectivity index is 2.27. The number of hydrogen-bond donors (Lipinski definition) is 1. The summed E-state index contributed by atoms with van der Waals surface area (Å²) in [7, 11) is 0. The highest BCUT2D eigenvalue weighted by atomic mass is 35.5. The van der Waals surface area contributed by atoms with Crippen LogP contribution in [0.4, 0.5) is 0 Å². The normalized spacial score (nSPS) is 16.2. The van der Waals surface area contributed by atoms with Crippen molar-refractivity contribution in [1.29, 1.82) is 0 Å². The van der Waals surface area contributed by atoms with Crippen molar-refractivity contribution >= 4 is 51.7 Å². The molecule has 0 aliphatic carbocycles. The molecule has 4 nitrogen and oxygen atoms in total. The van der Waals surface area contributed by atoms with Crippen LogP contribution in [0.3, 0.4) is 0 Å². The molecule has 0 saturated carbocycles. The SMILES string of the molecule is O=C(CCl)NCCN1C(=O)CSC1=S. The number of nitrogens with zero attached hydrogens (tertiary/aromatic N) is 1. The number of alkyl halides is 1. The fourth-order valence-corrected chi connectivity index (χ4v) is 2.17. The molecule has 1 rings (SSSR count). The van der Waals surface area contributed by atoms with Crippen LogP contribution >= 0.6 is 35.6 Å². The van der Waals surface area contributed by atoms with Gasteiger partial charge in [0.1, 0.15) is 10.2 Å². The van der Waals surface area contributed by atoms with E-state index in [-0.39, 0.29) is 17.7 Å². The minimum atomic E-state index is -0.239. The molecule has 1 heterocycles. The van der Waals surface area contributed by atoms with Crippen molar-refractivity contribution in [1.82, 2.24) is 10.2 Å². The molecule has 0 atom stereocenters. The quantitative estimate of drug-likeness (QED) is 0.574. The zero-order valence-electron chi connectivity index (χ0n) is 7.29. The van der Waals surface area contributed by atoms with E-state index in [4.69, 9.17) is 23.8 Å². The lowest BCUT2D eigenvalue weighted by atomic mass is 10.5. The zero-order chi connectivity index (χ0) is 10.6. The summed E-state index contributed by atoms with van der Waals surface area (Å²) in [5.41, 5.74) is 0. The number of carbonyl (C=O) groups is 2. The van der Waals surface area contributed by atoms with Gasteiger partial charge in [-0.3, -0.25) is 14.5 Å². The van der Waals surface area contributed by atoms with E-state index < -0.39 is 0 Å². The van der Waals surface area contributed by atoms with E-state index in [0.29, 0.717) is 23.2 Å². The molecule has 1 aliphatic rings. The Morgan fingerprint density at radius 3 is 2.93 bits per heavy atom. The minimum absolute atomic E-state index is 0.000113. The second-order valence-electron chi connectivity index (χ2n) is 2.58. The second kappa shape index (κ2) is 5.53. The summed E-state index contributed by atoms with van der Waals surface area (Å²) in [6, 6.07) is 0. The molecule has 14 heavy (non-hydrogen) atoms. The molecule has 0 aromatic rings. The van der Waals surface area contributed by atoms with Gasteiger partial charge >= 0.3 is 0 Å². The van der Waals surface area contributed by atoms with Crippen LogP contribution in [0, 0.1) is 0 Å². The van der Waals surface area contributed by atoms with E-state index in [2.05, 4.69) is 5.32 Å². The number of thiocarbonyl (C=S) groups is 1. The average Bonchev–Trinajstić information content (AvgIpc) is 2.48. The Kier molecular flexibility index (Phi) is 4.64. The Hall–Kier alpha value is -0.330. The molecular weight excluding hydrogens is 244 g/mol. The number of hydrogen-bond acceptors (Lipinski definition) is 4. The maximum Gasteiger partial charge on any atom is 0.238 e. The van der Waals surface area contributed by atoms with Crippen LogP contribution in [-0.4, -0.2) is 45.8 Å². The Morgan fingerprint density at radius 1 is 1.71 bits per heavy atom. The van der Waals surface area contributed by atoms with Gasteiger partial charge in [0.25, 0.3) is 0 Å². The molecule has 78 valence electrons. The molecule has 1 fully saturated rings. The van der Waals surface area contributed by atoms with Crippen LogP contribution in [-0.2, 0) is 9.59 Å². The van der Waals surface area contributed by atoms with Crippen LogP contribution in [0.25, 0.3) is 0 Å². The fourth-order valence-electron chi connectivity index (χ4n) is 0.951. The lowest BCUT2D eigenvalue weighted by molar-refractivity contribution is -0.124. The number of thioether (sulfide) groups is 1. The first-order chi connectivity index (χ1) is 6.65. The van der Waals surface area contributed by atoms with Gasteiger partial charge in [-0.25, -0.2) is 0 Å². The molecule has 0 aromatic carbocycles. The summed E-state index contributed by atoms with van der Waals surface area (Å²) in [5, 5.41) is 2.57. The summed E-state index contributed by atoms with van der Waals surface area (Å²) in [4.78, 5) is 23.5. The highest BCUT2D eigenvalue weighted by Crippen LogP contribution is 2.18. The topological polar surface area (TPSA) is 49.4 Å². The van der Waals surface area contributed by atoms with E-state index in [1.807, 2.05) is 0 Å². The summed E-state index contributed by atoms with van der Waals surface area (Å²) in [5.74, 6) is 0.104. The van der Waals surface area contributed by atoms with Crippen LogP contribution in [0.15, 0.2) is 0 Å². The van der Waals surface area contributed by atoms with Gasteiger partial charge in [-0.2, -0.15) is 0 Å². The Bertz CT molecular complexity index is 256. The lowest BCUT2D eigenvalue weighted by Crippen LogP contribution is -2.37. The van der Waals surface area contributed by atoms with Gasteiger partial charge in [0, 0.05) is 13.1 Å². The van der Waals surface area contributed by atoms with Gasteiger partial charge < -0.3 is 5.32 Å². The van der Waals surface area contributed by atoms with Crippen LogP contribution in [0.1, 0.15) is 0 Å². The maximum atomic E-state index is 11.2. The molecule has 0 radical (unpaired) electrons. The monoisotopic (exact) mass is 252 g/mol. The molecule has 2 amide bonds. The molecule has 1 aliphatic heterocycles. The number of amides is 2. The fraction of sp³-hybridized carbons (Fsp3) is 0.571.